The standard InChI is InChI=1S/C19H18ClN3O5S/c1-3-7-22-17(25)16-14(6-8-29-16)23(19(22)27)10-15(24)21-13-9-11(20)4-5-12(13)18(26)28-2/h4-6,8-9H,3,7,10H2,1-2H3,(H,21,24). The number of nitrogens with zero attached hydrogens (tertiary/aromatic N) is 2. The molecular weight excluding hydrogens is 418 g/mol. The van der Waals surface area contributed by atoms with E-state index >= 15 is 0 Å². The Bertz CT molecular complexity index is 1210. The summed E-state index contributed by atoms with van der Waals surface area (Å²) in [5, 5.41) is 4.62. The SMILES string of the molecule is CCCn1c(=O)c2sccc2n(CC(=O)Nc2cc(Cl)ccc2C(=O)OC)c1=O. The molecule has 1 aromatic carbocycles. The molecule has 3 aromatic rings. The molecule has 0 saturated heterocycles. The minimum Gasteiger partial charge on any atom is -0.465 e. The predicted molar refractivity (Wildman–Crippen MR) is 112 cm³/mol. The summed E-state index contributed by atoms with van der Waals surface area (Å²) < 4.78 is 7.50. The van der Waals surface area contributed by atoms with Gasteiger partial charge in [-0.05, 0) is 36.1 Å². The number of carbonyl (C=O) groups excluding carboxylic acids is 2. The van der Waals surface area contributed by atoms with Crippen LogP contribution < -0.4 is 16.6 Å². The molecule has 0 saturated carbocycles. The van der Waals surface area contributed by atoms with Crippen molar-refractivity contribution in [2.24, 2.45) is 0 Å². The number of anilines is 1. The van der Waals surface area contributed by atoms with E-state index in [1.807, 2.05) is 6.92 Å². The Kier molecular flexibility index (Phi) is 6.19. The lowest BCUT2D eigenvalue weighted by Crippen LogP contribution is -2.41. The van der Waals surface area contributed by atoms with E-state index in [2.05, 4.69) is 5.32 Å². The largest absolute Gasteiger partial charge is 0.465 e. The minimum atomic E-state index is -0.633. The summed E-state index contributed by atoms with van der Waals surface area (Å²) in [6.07, 6.45) is 0.600. The average molecular weight is 436 g/mol. The van der Waals surface area contributed by atoms with Crippen LogP contribution in [-0.2, 0) is 22.6 Å². The first-order valence-electron chi connectivity index (χ1n) is 8.76. The van der Waals surface area contributed by atoms with Crippen molar-refractivity contribution in [1.82, 2.24) is 9.13 Å². The minimum absolute atomic E-state index is 0.134. The maximum absolute atomic E-state index is 12.8. The molecular formula is C19H18ClN3O5S. The number of aromatic nitrogens is 2. The number of carbonyl (C=O) groups is 2. The van der Waals surface area contributed by atoms with Crippen LogP contribution in [0.3, 0.4) is 0 Å². The topological polar surface area (TPSA) is 99.4 Å². The van der Waals surface area contributed by atoms with E-state index in [-0.39, 0.29) is 29.9 Å². The summed E-state index contributed by atoms with van der Waals surface area (Å²) in [5.74, 6) is -1.18. The van der Waals surface area contributed by atoms with Crippen LogP contribution in [0.2, 0.25) is 5.02 Å². The molecule has 3 rings (SSSR count). The van der Waals surface area contributed by atoms with Gasteiger partial charge in [-0.3, -0.25) is 18.7 Å². The van der Waals surface area contributed by atoms with Gasteiger partial charge in [-0.1, -0.05) is 18.5 Å². The van der Waals surface area contributed by atoms with Crippen LogP contribution in [-0.4, -0.2) is 28.1 Å². The van der Waals surface area contributed by atoms with Gasteiger partial charge in [-0.25, -0.2) is 9.59 Å². The molecule has 10 heteroatoms. The normalized spacial score (nSPS) is 10.9. The first kappa shape index (κ1) is 20.8. The zero-order valence-electron chi connectivity index (χ0n) is 15.7. The second-order valence-electron chi connectivity index (χ2n) is 6.19. The number of esters is 1. The summed E-state index contributed by atoms with van der Waals surface area (Å²) in [7, 11) is 1.23. The number of thiophene rings is 1. The lowest BCUT2D eigenvalue weighted by Gasteiger charge is -2.13. The van der Waals surface area contributed by atoms with E-state index in [0.29, 0.717) is 21.7 Å². The van der Waals surface area contributed by atoms with E-state index in [4.69, 9.17) is 16.3 Å². The second-order valence-corrected chi connectivity index (χ2v) is 7.54. The molecule has 0 radical (unpaired) electrons. The van der Waals surface area contributed by atoms with E-state index < -0.39 is 17.6 Å². The lowest BCUT2D eigenvalue weighted by molar-refractivity contribution is -0.116. The highest BCUT2D eigenvalue weighted by atomic mass is 35.5. The van der Waals surface area contributed by atoms with Gasteiger partial charge in [0.15, 0.2) is 0 Å². The number of hydrogen-bond acceptors (Lipinski definition) is 6. The highest BCUT2D eigenvalue weighted by Crippen LogP contribution is 2.22. The molecule has 2 aromatic heterocycles. The zero-order valence-corrected chi connectivity index (χ0v) is 17.3. The van der Waals surface area contributed by atoms with Gasteiger partial charge < -0.3 is 10.1 Å². The van der Waals surface area contributed by atoms with Gasteiger partial charge in [0.25, 0.3) is 5.56 Å². The Morgan fingerprint density at radius 1 is 1.21 bits per heavy atom. The van der Waals surface area contributed by atoms with Crippen LogP contribution in [0.25, 0.3) is 10.2 Å². The number of benzene rings is 1. The summed E-state index contributed by atoms with van der Waals surface area (Å²) in [6.45, 7) is 1.78. The second kappa shape index (κ2) is 8.62. The summed E-state index contributed by atoms with van der Waals surface area (Å²) in [6, 6.07) is 6.00. The highest BCUT2D eigenvalue weighted by Gasteiger charge is 2.18. The van der Waals surface area contributed by atoms with Crippen LogP contribution in [0, 0.1) is 0 Å². The molecule has 0 aliphatic rings. The van der Waals surface area contributed by atoms with Crippen molar-refractivity contribution in [3.05, 3.63) is 61.1 Å². The molecule has 0 aliphatic carbocycles. The Morgan fingerprint density at radius 2 is 1.97 bits per heavy atom. The van der Waals surface area contributed by atoms with Crippen molar-refractivity contribution in [3.63, 3.8) is 0 Å². The van der Waals surface area contributed by atoms with E-state index in [9.17, 15) is 19.2 Å². The summed E-state index contributed by atoms with van der Waals surface area (Å²) in [5.41, 5.74) is -0.217. The Hall–Kier alpha value is -2.91. The number of halogens is 1. The monoisotopic (exact) mass is 435 g/mol. The number of methoxy groups -OCH3 is 1. The molecule has 0 atom stereocenters. The van der Waals surface area contributed by atoms with Gasteiger partial charge in [0, 0.05) is 11.6 Å². The number of hydrogen-bond donors (Lipinski definition) is 1. The molecule has 0 spiro atoms. The maximum Gasteiger partial charge on any atom is 0.339 e. The van der Waals surface area contributed by atoms with Crippen molar-refractivity contribution in [2.45, 2.75) is 26.4 Å². The van der Waals surface area contributed by atoms with E-state index in [1.54, 1.807) is 11.4 Å². The lowest BCUT2D eigenvalue weighted by atomic mass is 10.2. The number of ether oxygens (including phenoxy) is 1. The van der Waals surface area contributed by atoms with Gasteiger partial charge in [0.1, 0.15) is 11.2 Å². The Labute approximate surface area is 174 Å². The maximum atomic E-state index is 12.8. The first-order chi connectivity index (χ1) is 13.9. The third kappa shape index (κ3) is 4.10. The van der Waals surface area contributed by atoms with Crippen LogP contribution in [0.1, 0.15) is 23.7 Å². The third-order valence-electron chi connectivity index (χ3n) is 4.25. The van der Waals surface area contributed by atoms with Crippen molar-refractivity contribution in [2.75, 3.05) is 12.4 Å². The molecule has 0 unspecified atom stereocenters. The van der Waals surface area contributed by atoms with Gasteiger partial charge in [0.2, 0.25) is 5.91 Å². The van der Waals surface area contributed by atoms with Crippen molar-refractivity contribution in [1.29, 1.82) is 0 Å². The third-order valence-corrected chi connectivity index (χ3v) is 5.37. The fourth-order valence-corrected chi connectivity index (χ4v) is 3.96. The van der Waals surface area contributed by atoms with E-state index in [0.717, 1.165) is 4.57 Å². The molecule has 8 nitrogen and oxygen atoms in total. The molecule has 29 heavy (non-hydrogen) atoms. The highest BCUT2D eigenvalue weighted by molar-refractivity contribution is 7.17. The average Bonchev–Trinajstić information content (AvgIpc) is 3.18. The predicted octanol–water partition coefficient (Wildman–Crippen LogP) is 2.71. The van der Waals surface area contributed by atoms with Crippen LogP contribution in [0.4, 0.5) is 5.69 Å². The van der Waals surface area contributed by atoms with Crippen LogP contribution >= 0.6 is 22.9 Å². The smallest absolute Gasteiger partial charge is 0.339 e. The fourth-order valence-electron chi connectivity index (χ4n) is 2.95. The van der Waals surface area contributed by atoms with Crippen LogP contribution in [0.15, 0.2) is 39.2 Å². The molecule has 1 N–H and O–H groups in total. The number of nitrogens with one attached hydrogen (secondary N) is 1. The van der Waals surface area contributed by atoms with Crippen molar-refractivity contribution < 1.29 is 14.3 Å². The fraction of sp³-hybridized carbons (Fsp3) is 0.263. The zero-order chi connectivity index (χ0) is 21.1. The number of rotatable bonds is 6. The molecule has 152 valence electrons. The summed E-state index contributed by atoms with van der Waals surface area (Å²) >= 11 is 7.19. The molecule has 1 amide bonds. The number of fused-ring (bicyclic) bond motifs is 1. The Balaban J connectivity index is 1.99. The van der Waals surface area contributed by atoms with Gasteiger partial charge >= 0.3 is 11.7 Å². The molecule has 0 bridgehead atoms. The van der Waals surface area contributed by atoms with E-state index in [1.165, 1.54) is 41.2 Å². The Morgan fingerprint density at radius 3 is 2.66 bits per heavy atom. The van der Waals surface area contributed by atoms with Crippen LogP contribution in [0.5, 0.6) is 0 Å². The first-order valence-corrected chi connectivity index (χ1v) is 10.0. The van der Waals surface area contributed by atoms with Crippen molar-refractivity contribution in [3.8, 4) is 0 Å². The van der Waals surface area contributed by atoms with Gasteiger partial charge in [0.05, 0.1) is 23.9 Å². The summed E-state index contributed by atoms with van der Waals surface area (Å²) in [4.78, 5) is 49.9. The molecule has 2 heterocycles. The number of amides is 1. The quantitative estimate of drug-likeness (QED) is 0.600. The van der Waals surface area contributed by atoms with Crippen molar-refractivity contribution >= 4 is 50.7 Å². The molecule has 0 fully saturated rings. The van der Waals surface area contributed by atoms with Gasteiger partial charge in [-0.15, -0.1) is 11.3 Å². The molecule has 0 aliphatic heterocycles. The van der Waals surface area contributed by atoms with Gasteiger partial charge in [-0.2, -0.15) is 0 Å².